The van der Waals surface area contributed by atoms with Crippen molar-refractivity contribution in [2.75, 3.05) is 20.3 Å². The first kappa shape index (κ1) is 21.5. The molecule has 1 N–H and O–H groups in total. The van der Waals surface area contributed by atoms with Gasteiger partial charge in [0.05, 0.1) is 20.3 Å². The van der Waals surface area contributed by atoms with Gasteiger partial charge >= 0.3 is 0 Å². The van der Waals surface area contributed by atoms with Crippen LogP contribution in [-0.4, -0.2) is 26.2 Å². The van der Waals surface area contributed by atoms with Gasteiger partial charge in [-0.1, -0.05) is 37.3 Å². The first-order valence-electron chi connectivity index (χ1n) is 9.58. The summed E-state index contributed by atoms with van der Waals surface area (Å²) in [6.07, 6.45) is 4.21. The van der Waals surface area contributed by atoms with Gasteiger partial charge in [0, 0.05) is 19.2 Å². The highest BCUT2D eigenvalue weighted by atomic mass is 16.5. The Morgan fingerprint density at radius 3 is 2.46 bits per heavy atom. The fraction of sp³-hybridized carbons (Fsp3) is 0.348. The Hall–Kier alpha value is -2.79. The maximum Gasteiger partial charge on any atom is 0.244 e. The van der Waals surface area contributed by atoms with Crippen LogP contribution in [0.2, 0.25) is 0 Å². The van der Waals surface area contributed by atoms with Gasteiger partial charge in [-0.05, 0) is 48.2 Å². The lowest BCUT2D eigenvalue weighted by atomic mass is 10.1. The third kappa shape index (κ3) is 7.08. The standard InChI is InChI=1S/C23H29NO4/c1-4-14-28-21-12-10-18(15-22(21)26-3)11-13-23(25)24-16-19-6-8-20(9-7-19)17-27-5-2/h6-13,15H,4-5,14,16-17H2,1-3H3,(H,24,25)/b13-11+. The number of hydrogen-bond acceptors (Lipinski definition) is 4. The maximum atomic E-state index is 12.1. The largest absolute Gasteiger partial charge is 0.493 e. The number of methoxy groups -OCH3 is 1. The Morgan fingerprint density at radius 1 is 1.04 bits per heavy atom. The number of benzene rings is 2. The molecule has 0 aliphatic rings. The molecular weight excluding hydrogens is 354 g/mol. The van der Waals surface area contributed by atoms with E-state index < -0.39 is 0 Å². The van der Waals surface area contributed by atoms with E-state index in [1.807, 2.05) is 49.4 Å². The van der Waals surface area contributed by atoms with E-state index in [1.165, 1.54) is 6.08 Å². The summed E-state index contributed by atoms with van der Waals surface area (Å²) >= 11 is 0. The van der Waals surface area contributed by atoms with Crippen LogP contribution in [0.25, 0.3) is 6.08 Å². The lowest BCUT2D eigenvalue weighted by Gasteiger charge is -2.10. The van der Waals surface area contributed by atoms with E-state index >= 15 is 0 Å². The van der Waals surface area contributed by atoms with E-state index in [9.17, 15) is 4.79 Å². The van der Waals surface area contributed by atoms with Crippen LogP contribution >= 0.6 is 0 Å². The minimum atomic E-state index is -0.149. The Balaban J connectivity index is 1.87. The summed E-state index contributed by atoms with van der Waals surface area (Å²) in [5.41, 5.74) is 3.04. The second-order valence-electron chi connectivity index (χ2n) is 6.26. The molecule has 0 radical (unpaired) electrons. The van der Waals surface area contributed by atoms with Crippen LogP contribution in [0.3, 0.4) is 0 Å². The molecule has 0 aliphatic heterocycles. The highest BCUT2D eigenvalue weighted by Gasteiger charge is 2.05. The molecule has 0 bridgehead atoms. The molecule has 150 valence electrons. The van der Waals surface area contributed by atoms with E-state index in [-0.39, 0.29) is 5.91 Å². The van der Waals surface area contributed by atoms with Crippen molar-refractivity contribution in [1.82, 2.24) is 5.32 Å². The van der Waals surface area contributed by atoms with Gasteiger partial charge in [0.2, 0.25) is 5.91 Å². The zero-order valence-electron chi connectivity index (χ0n) is 16.9. The first-order chi connectivity index (χ1) is 13.7. The molecule has 5 nitrogen and oxygen atoms in total. The number of ether oxygens (including phenoxy) is 3. The second kappa shape index (κ2) is 11.8. The molecule has 0 aliphatic carbocycles. The first-order valence-corrected chi connectivity index (χ1v) is 9.58. The molecule has 0 saturated carbocycles. The van der Waals surface area contributed by atoms with Crippen molar-refractivity contribution in [3.05, 3.63) is 65.2 Å². The smallest absolute Gasteiger partial charge is 0.244 e. The normalized spacial score (nSPS) is 10.8. The minimum absolute atomic E-state index is 0.149. The van der Waals surface area contributed by atoms with Gasteiger partial charge in [0.1, 0.15) is 0 Å². The van der Waals surface area contributed by atoms with E-state index in [2.05, 4.69) is 12.2 Å². The maximum absolute atomic E-state index is 12.1. The molecule has 2 rings (SSSR count). The molecule has 0 fully saturated rings. The number of rotatable bonds is 11. The number of amides is 1. The van der Waals surface area contributed by atoms with Crippen molar-refractivity contribution in [3.63, 3.8) is 0 Å². The van der Waals surface area contributed by atoms with E-state index in [0.717, 1.165) is 23.1 Å². The summed E-state index contributed by atoms with van der Waals surface area (Å²) < 4.78 is 16.4. The minimum Gasteiger partial charge on any atom is -0.493 e. The molecule has 5 heteroatoms. The third-order valence-electron chi connectivity index (χ3n) is 4.04. The van der Waals surface area contributed by atoms with E-state index in [1.54, 1.807) is 13.2 Å². The number of nitrogens with one attached hydrogen (secondary N) is 1. The van der Waals surface area contributed by atoms with Gasteiger partial charge in [0.25, 0.3) is 0 Å². The zero-order chi connectivity index (χ0) is 20.2. The van der Waals surface area contributed by atoms with Gasteiger partial charge in [-0.25, -0.2) is 0 Å². The lowest BCUT2D eigenvalue weighted by molar-refractivity contribution is -0.116. The monoisotopic (exact) mass is 383 g/mol. The fourth-order valence-electron chi connectivity index (χ4n) is 2.51. The Kier molecular flexibility index (Phi) is 9.08. The summed E-state index contributed by atoms with van der Waals surface area (Å²) in [6, 6.07) is 13.6. The summed E-state index contributed by atoms with van der Waals surface area (Å²) in [5, 5.41) is 2.89. The molecule has 1 amide bonds. The van der Waals surface area contributed by atoms with Crippen LogP contribution in [0.4, 0.5) is 0 Å². The fourth-order valence-corrected chi connectivity index (χ4v) is 2.51. The highest BCUT2D eigenvalue weighted by molar-refractivity contribution is 5.91. The van der Waals surface area contributed by atoms with Crippen LogP contribution < -0.4 is 14.8 Å². The predicted octanol–water partition coefficient (Wildman–Crippen LogP) is 4.35. The molecule has 0 unspecified atom stereocenters. The average Bonchev–Trinajstić information content (AvgIpc) is 2.74. The summed E-state index contributed by atoms with van der Waals surface area (Å²) in [6.45, 7) is 6.45. The van der Waals surface area contributed by atoms with E-state index in [4.69, 9.17) is 14.2 Å². The van der Waals surface area contributed by atoms with Crippen molar-refractivity contribution in [3.8, 4) is 11.5 Å². The van der Waals surface area contributed by atoms with Gasteiger partial charge in [0.15, 0.2) is 11.5 Å². The van der Waals surface area contributed by atoms with Gasteiger partial charge in [-0.2, -0.15) is 0 Å². The topological polar surface area (TPSA) is 56.8 Å². The van der Waals surface area contributed by atoms with Crippen LogP contribution in [-0.2, 0) is 22.7 Å². The number of hydrogen-bond donors (Lipinski definition) is 1. The molecular formula is C23H29NO4. The lowest BCUT2D eigenvalue weighted by Crippen LogP contribution is -2.20. The van der Waals surface area contributed by atoms with Gasteiger partial charge in [-0.15, -0.1) is 0 Å². The molecule has 28 heavy (non-hydrogen) atoms. The Bertz CT molecular complexity index is 769. The third-order valence-corrected chi connectivity index (χ3v) is 4.04. The second-order valence-corrected chi connectivity index (χ2v) is 6.26. The molecule has 0 atom stereocenters. The summed E-state index contributed by atoms with van der Waals surface area (Å²) in [7, 11) is 1.61. The van der Waals surface area contributed by atoms with Crippen molar-refractivity contribution in [2.45, 2.75) is 33.4 Å². The molecule has 0 saturated heterocycles. The van der Waals surface area contributed by atoms with Crippen molar-refractivity contribution in [1.29, 1.82) is 0 Å². The Morgan fingerprint density at radius 2 is 1.79 bits per heavy atom. The van der Waals surface area contributed by atoms with Crippen LogP contribution in [0.1, 0.15) is 37.0 Å². The van der Waals surface area contributed by atoms with Gasteiger partial charge in [-0.3, -0.25) is 4.79 Å². The number of carbonyl (C=O) groups is 1. The molecule has 0 heterocycles. The van der Waals surface area contributed by atoms with E-state index in [0.29, 0.717) is 37.9 Å². The highest BCUT2D eigenvalue weighted by Crippen LogP contribution is 2.28. The SMILES string of the molecule is CCCOc1ccc(/C=C/C(=O)NCc2ccc(COCC)cc2)cc1OC. The van der Waals surface area contributed by atoms with Crippen molar-refractivity contribution < 1.29 is 19.0 Å². The Labute approximate surface area is 167 Å². The zero-order valence-corrected chi connectivity index (χ0v) is 16.9. The van der Waals surface area contributed by atoms with Crippen LogP contribution in [0.5, 0.6) is 11.5 Å². The van der Waals surface area contributed by atoms with Crippen LogP contribution in [0, 0.1) is 0 Å². The molecule has 0 spiro atoms. The van der Waals surface area contributed by atoms with Crippen molar-refractivity contribution >= 4 is 12.0 Å². The van der Waals surface area contributed by atoms with Crippen molar-refractivity contribution in [2.24, 2.45) is 0 Å². The number of carbonyl (C=O) groups excluding carboxylic acids is 1. The molecule has 2 aromatic rings. The molecule has 0 aromatic heterocycles. The quantitative estimate of drug-likeness (QED) is 0.586. The summed E-state index contributed by atoms with van der Waals surface area (Å²) in [4.78, 5) is 12.1. The van der Waals surface area contributed by atoms with Crippen LogP contribution in [0.15, 0.2) is 48.5 Å². The predicted molar refractivity (Wildman–Crippen MR) is 111 cm³/mol. The average molecular weight is 383 g/mol. The summed E-state index contributed by atoms with van der Waals surface area (Å²) in [5.74, 6) is 1.21. The molecule has 2 aromatic carbocycles. The van der Waals surface area contributed by atoms with Gasteiger partial charge < -0.3 is 19.5 Å².